The van der Waals surface area contributed by atoms with Gasteiger partial charge >= 0.3 is 0 Å². The van der Waals surface area contributed by atoms with E-state index in [9.17, 15) is 9.59 Å². The number of carbonyl (C=O) groups is 2. The Morgan fingerprint density at radius 3 is 2.44 bits per heavy atom. The molecule has 0 spiro atoms. The Kier molecular flexibility index (Phi) is 6.72. The minimum atomic E-state index is -0.602. The lowest BCUT2D eigenvalue weighted by molar-refractivity contribution is -0.130. The van der Waals surface area contributed by atoms with E-state index in [-0.39, 0.29) is 18.4 Å². The molecule has 0 aromatic rings. The normalized spacial score (nSPS) is 11.0. The average Bonchev–Trinajstić information content (AvgIpc) is 2.25. The van der Waals surface area contributed by atoms with Crippen molar-refractivity contribution in [1.29, 1.82) is 0 Å². The molecule has 0 heterocycles. The fourth-order valence-electron chi connectivity index (χ4n) is 1.10. The number of nitrogens with one attached hydrogen (secondary N) is 2. The van der Waals surface area contributed by atoms with E-state index in [1.807, 2.05) is 6.92 Å². The maximum atomic E-state index is 11.4. The van der Waals surface area contributed by atoms with Crippen LogP contribution >= 0.6 is 0 Å². The summed E-state index contributed by atoms with van der Waals surface area (Å²) in [4.78, 5) is 22.7. The fourth-order valence-corrected chi connectivity index (χ4v) is 1.10. The molecule has 0 fully saturated rings. The van der Waals surface area contributed by atoms with Crippen molar-refractivity contribution in [3.63, 3.8) is 0 Å². The zero-order chi connectivity index (χ0) is 12.6. The van der Waals surface area contributed by atoms with Crippen molar-refractivity contribution in [3.05, 3.63) is 0 Å². The lowest BCUT2D eigenvalue weighted by atomic mass is 9.92. The van der Waals surface area contributed by atoms with Crippen LogP contribution < -0.4 is 10.6 Å². The molecule has 0 unspecified atom stereocenters. The van der Waals surface area contributed by atoms with E-state index in [0.29, 0.717) is 13.2 Å². The van der Waals surface area contributed by atoms with E-state index >= 15 is 0 Å². The predicted octanol–water partition coefficient (Wildman–Crippen LogP) is 0.301. The Balaban J connectivity index is 3.86. The molecule has 0 aromatic heterocycles. The first-order valence-corrected chi connectivity index (χ1v) is 5.50. The van der Waals surface area contributed by atoms with Crippen molar-refractivity contribution < 1.29 is 14.3 Å². The highest BCUT2D eigenvalue weighted by atomic mass is 16.5. The topological polar surface area (TPSA) is 67.4 Å². The quantitative estimate of drug-likeness (QED) is 0.618. The Morgan fingerprint density at radius 2 is 1.94 bits per heavy atom. The molecule has 0 atom stereocenters. The molecule has 5 nitrogen and oxygen atoms in total. The maximum absolute atomic E-state index is 11.4. The van der Waals surface area contributed by atoms with Crippen molar-refractivity contribution in [2.24, 2.45) is 5.41 Å². The van der Waals surface area contributed by atoms with Gasteiger partial charge in [0.2, 0.25) is 11.8 Å². The number of carbonyl (C=O) groups excluding carboxylic acids is 2. The molecule has 0 saturated carbocycles. The van der Waals surface area contributed by atoms with Crippen LogP contribution in [0.15, 0.2) is 0 Å². The van der Waals surface area contributed by atoms with Crippen molar-refractivity contribution in [2.75, 3.05) is 26.8 Å². The summed E-state index contributed by atoms with van der Waals surface area (Å²) >= 11 is 0. The van der Waals surface area contributed by atoms with Crippen LogP contribution in [0.4, 0.5) is 0 Å². The number of rotatable bonds is 7. The molecule has 94 valence electrons. The first-order valence-electron chi connectivity index (χ1n) is 5.50. The molecule has 2 amide bonds. The van der Waals surface area contributed by atoms with Gasteiger partial charge in [0.15, 0.2) is 0 Å². The van der Waals surface area contributed by atoms with Gasteiger partial charge in [-0.25, -0.2) is 0 Å². The standard InChI is InChI=1S/C11H22N2O3/c1-5-6-16-7-9(14)13-8-11(2,3)10(15)12-4/h5-8H2,1-4H3,(H,12,15)(H,13,14). The van der Waals surface area contributed by atoms with Gasteiger partial charge in [0.25, 0.3) is 0 Å². The Bertz CT molecular complexity index is 239. The second-order valence-corrected chi connectivity index (χ2v) is 4.29. The lowest BCUT2D eigenvalue weighted by Gasteiger charge is -2.22. The van der Waals surface area contributed by atoms with E-state index in [2.05, 4.69) is 10.6 Å². The Hall–Kier alpha value is -1.10. The van der Waals surface area contributed by atoms with Crippen LogP contribution in [0, 0.1) is 5.41 Å². The predicted molar refractivity (Wildman–Crippen MR) is 62.0 cm³/mol. The number of ether oxygens (including phenoxy) is 1. The molecule has 0 radical (unpaired) electrons. The number of amides is 2. The summed E-state index contributed by atoms with van der Waals surface area (Å²) in [7, 11) is 1.58. The van der Waals surface area contributed by atoms with Gasteiger partial charge in [-0.3, -0.25) is 9.59 Å². The average molecular weight is 230 g/mol. The highest BCUT2D eigenvalue weighted by molar-refractivity contribution is 5.83. The molecule has 0 rings (SSSR count). The molecule has 0 bridgehead atoms. The van der Waals surface area contributed by atoms with E-state index in [1.165, 1.54) is 0 Å². The van der Waals surface area contributed by atoms with Crippen LogP contribution in [0.2, 0.25) is 0 Å². The summed E-state index contributed by atoms with van der Waals surface area (Å²) in [5.41, 5.74) is -0.602. The number of hydrogen-bond donors (Lipinski definition) is 2. The molecule has 0 saturated heterocycles. The van der Waals surface area contributed by atoms with E-state index in [1.54, 1.807) is 20.9 Å². The first-order chi connectivity index (χ1) is 7.44. The summed E-state index contributed by atoms with van der Waals surface area (Å²) in [6, 6.07) is 0. The highest BCUT2D eigenvalue weighted by Crippen LogP contribution is 2.12. The third-order valence-electron chi connectivity index (χ3n) is 2.15. The molecular formula is C11H22N2O3. The molecule has 0 aromatic carbocycles. The summed E-state index contributed by atoms with van der Waals surface area (Å²) in [6.45, 7) is 6.47. The molecule has 16 heavy (non-hydrogen) atoms. The summed E-state index contributed by atoms with van der Waals surface area (Å²) in [6.07, 6.45) is 0.886. The van der Waals surface area contributed by atoms with E-state index in [4.69, 9.17) is 4.74 Å². The SMILES string of the molecule is CCCOCC(=O)NCC(C)(C)C(=O)NC. The molecule has 0 aliphatic heterocycles. The third kappa shape index (κ3) is 5.70. The Labute approximate surface area is 96.9 Å². The van der Waals surface area contributed by atoms with Gasteiger partial charge in [0.05, 0.1) is 5.41 Å². The minimum absolute atomic E-state index is 0.0532. The zero-order valence-corrected chi connectivity index (χ0v) is 10.6. The fraction of sp³-hybridized carbons (Fsp3) is 0.818. The van der Waals surface area contributed by atoms with Crippen molar-refractivity contribution >= 4 is 11.8 Å². The monoisotopic (exact) mass is 230 g/mol. The van der Waals surface area contributed by atoms with Crippen LogP contribution in [0.25, 0.3) is 0 Å². The second-order valence-electron chi connectivity index (χ2n) is 4.29. The van der Waals surface area contributed by atoms with Gasteiger partial charge in [0, 0.05) is 20.2 Å². The maximum Gasteiger partial charge on any atom is 0.246 e. The van der Waals surface area contributed by atoms with Gasteiger partial charge in [-0.05, 0) is 20.3 Å². The molecule has 2 N–H and O–H groups in total. The van der Waals surface area contributed by atoms with Gasteiger partial charge in [0.1, 0.15) is 6.61 Å². The molecule has 5 heteroatoms. The van der Waals surface area contributed by atoms with Crippen molar-refractivity contribution in [2.45, 2.75) is 27.2 Å². The van der Waals surface area contributed by atoms with Gasteiger partial charge in [-0.15, -0.1) is 0 Å². The lowest BCUT2D eigenvalue weighted by Crippen LogP contribution is -2.44. The Morgan fingerprint density at radius 1 is 1.31 bits per heavy atom. The van der Waals surface area contributed by atoms with E-state index < -0.39 is 5.41 Å². The van der Waals surface area contributed by atoms with Crippen molar-refractivity contribution in [3.8, 4) is 0 Å². The van der Waals surface area contributed by atoms with Crippen LogP contribution in [0.1, 0.15) is 27.2 Å². The highest BCUT2D eigenvalue weighted by Gasteiger charge is 2.26. The summed E-state index contributed by atoms with van der Waals surface area (Å²) in [5, 5.41) is 5.23. The molecule has 0 aliphatic carbocycles. The molecule has 0 aliphatic rings. The van der Waals surface area contributed by atoms with Crippen molar-refractivity contribution in [1.82, 2.24) is 10.6 Å². The zero-order valence-electron chi connectivity index (χ0n) is 10.6. The van der Waals surface area contributed by atoms with Crippen LogP contribution in [0.3, 0.4) is 0 Å². The summed E-state index contributed by atoms with van der Waals surface area (Å²) < 4.78 is 5.08. The first kappa shape index (κ1) is 14.9. The largest absolute Gasteiger partial charge is 0.372 e. The van der Waals surface area contributed by atoms with Crippen LogP contribution in [-0.4, -0.2) is 38.6 Å². The second kappa shape index (κ2) is 7.22. The van der Waals surface area contributed by atoms with Crippen LogP contribution in [0.5, 0.6) is 0 Å². The number of hydrogen-bond acceptors (Lipinski definition) is 3. The smallest absolute Gasteiger partial charge is 0.246 e. The van der Waals surface area contributed by atoms with Gasteiger partial charge in [-0.2, -0.15) is 0 Å². The van der Waals surface area contributed by atoms with Gasteiger partial charge < -0.3 is 15.4 Å². The van der Waals surface area contributed by atoms with E-state index in [0.717, 1.165) is 6.42 Å². The van der Waals surface area contributed by atoms with Crippen LogP contribution in [-0.2, 0) is 14.3 Å². The minimum Gasteiger partial charge on any atom is -0.372 e. The van der Waals surface area contributed by atoms with Gasteiger partial charge in [-0.1, -0.05) is 6.92 Å². The third-order valence-corrected chi connectivity index (χ3v) is 2.15. The molecular weight excluding hydrogens is 208 g/mol. The summed E-state index contributed by atoms with van der Waals surface area (Å²) in [5.74, 6) is -0.285.